The highest BCUT2D eigenvalue weighted by molar-refractivity contribution is 5.16. The Morgan fingerprint density at radius 1 is 1.13 bits per heavy atom. The van der Waals surface area contributed by atoms with Gasteiger partial charge in [-0.15, -0.1) is 0 Å². The summed E-state index contributed by atoms with van der Waals surface area (Å²) in [6.07, 6.45) is 15.3. The van der Waals surface area contributed by atoms with Gasteiger partial charge in [0, 0.05) is 6.04 Å². The molecule has 1 heteroatoms. The predicted molar refractivity (Wildman–Crippen MR) is 66.0 cm³/mol. The summed E-state index contributed by atoms with van der Waals surface area (Å²) in [4.78, 5) is 0. The molecule has 0 radical (unpaired) electrons. The molecule has 2 aliphatic rings. The first-order valence-electron chi connectivity index (χ1n) is 6.78. The zero-order valence-electron chi connectivity index (χ0n) is 10.1. The Hall–Kier alpha value is -0.300. The molecular formula is C14H25N. The monoisotopic (exact) mass is 207 g/mol. The van der Waals surface area contributed by atoms with Crippen LogP contribution in [0, 0.1) is 5.92 Å². The van der Waals surface area contributed by atoms with Gasteiger partial charge >= 0.3 is 0 Å². The fraction of sp³-hybridized carbons (Fsp3) is 0.857. The molecule has 0 saturated heterocycles. The highest BCUT2D eigenvalue weighted by Gasteiger charge is 2.25. The van der Waals surface area contributed by atoms with Crippen LogP contribution in [0.5, 0.6) is 0 Å². The molecule has 0 bridgehead atoms. The van der Waals surface area contributed by atoms with Gasteiger partial charge in [0.1, 0.15) is 0 Å². The maximum Gasteiger partial charge on any atom is 0.0305 e. The first-order valence-corrected chi connectivity index (χ1v) is 6.78. The lowest BCUT2D eigenvalue weighted by atomic mass is 9.87. The van der Waals surface area contributed by atoms with Gasteiger partial charge in [-0.2, -0.15) is 0 Å². The molecule has 0 amide bonds. The van der Waals surface area contributed by atoms with Crippen LogP contribution in [0.25, 0.3) is 0 Å². The van der Waals surface area contributed by atoms with E-state index in [4.69, 9.17) is 0 Å². The molecular weight excluding hydrogens is 182 g/mol. The van der Waals surface area contributed by atoms with Crippen LogP contribution < -0.4 is 5.32 Å². The minimum atomic E-state index is 0.700. The summed E-state index contributed by atoms with van der Waals surface area (Å²) < 4.78 is 0. The average Bonchev–Trinajstić information content (AvgIpc) is 2.63. The first-order chi connectivity index (χ1) is 7.42. The lowest BCUT2D eigenvalue weighted by Crippen LogP contribution is -2.34. The van der Waals surface area contributed by atoms with Crippen LogP contribution in [0.4, 0.5) is 0 Å². The molecule has 0 aromatic carbocycles. The number of nitrogens with one attached hydrogen (secondary N) is 1. The van der Waals surface area contributed by atoms with Gasteiger partial charge in [-0.25, -0.2) is 0 Å². The number of rotatable bonds is 3. The summed E-state index contributed by atoms with van der Waals surface area (Å²) >= 11 is 0. The predicted octanol–water partition coefficient (Wildman–Crippen LogP) is 3.66. The molecule has 1 atom stereocenters. The zero-order valence-corrected chi connectivity index (χ0v) is 10.1. The molecule has 1 nitrogen and oxygen atoms in total. The molecule has 15 heavy (non-hydrogen) atoms. The molecule has 0 heterocycles. The topological polar surface area (TPSA) is 12.0 Å². The van der Waals surface area contributed by atoms with E-state index in [1.165, 1.54) is 57.8 Å². The van der Waals surface area contributed by atoms with Crippen LogP contribution in [0.15, 0.2) is 11.6 Å². The number of likely N-dealkylation sites (N-methyl/N-ethyl adjacent to an activating group) is 1. The van der Waals surface area contributed by atoms with Crippen molar-refractivity contribution in [2.75, 3.05) is 7.05 Å². The second-order valence-electron chi connectivity index (χ2n) is 5.19. The molecule has 0 aromatic heterocycles. The van der Waals surface area contributed by atoms with E-state index in [2.05, 4.69) is 18.4 Å². The van der Waals surface area contributed by atoms with Crippen molar-refractivity contribution in [2.24, 2.45) is 5.92 Å². The third-order valence-electron chi connectivity index (χ3n) is 4.16. The van der Waals surface area contributed by atoms with E-state index in [0.717, 1.165) is 5.92 Å². The molecule has 2 aliphatic carbocycles. The van der Waals surface area contributed by atoms with Crippen molar-refractivity contribution in [1.82, 2.24) is 5.32 Å². The highest BCUT2D eigenvalue weighted by atomic mass is 14.9. The van der Waals surface area contributed by atoms with E-state index in [9.17, 15) is 0 Å². The molecule has 0 aromatic rings. The van der Waals surface area contributed by atoms with E-state index in [-0.39, 0.29) is 0 Å². The van der Waals surface area contributed by atoms with Crippen LogP contribution >= 0.6 is 0 Å². The molecule has 1 saturated carbocycles. The van der Waals surface area contributed by atoms with Crippen molar-refractivity contribution < 1.29 is 0 Å². The van der Waals surface area contributed by atoms with Crippen molar-refractivity contribution in [1.29, 1.82) is 0 Å². The van der Waals surface area contributed by atoms with Gasteiger partial charge in [0.15, 0.2) is 0 Å². The van der Waals surface area contributed by atoms with E-state index in [1.807, 2.05) is 0 Å². The van der Waals surface area contributed by atoms with Crippen LogP contribution in [0.2, 0.25) is 0 Å². The number of allylic oxidation sites excluding steroid dienone is 1. The van der Waals surface area contributed by atoms with E-state index < -0.39 is 0 Å². The van der Waals surface area contributed by atoms with Crippen LogP contribution in [0.3, 0.4) is 0 Å². The number of hydrogen-bond donors (Lipinski definition) is 1. The van der Waals surface area contributed by atoms with Crippen molar-refractivity contribution in [3.05, 3.63) is 11.6 Å². The van der Waals surface area contributed by atoms with Crippen molar-refractivity contribution in [3.8, 4) is 0 Å². The van der Waals surface area contributed by atoms with Crippen molar-refractivity contribution in [2.45, 2.75) is 63.8 Å². The Labute approximate surface area is 94.3 Å². The Morgan fingerprint density at radius 2 is 1.87 bits per heavy atom. The van der Waals surface area contributed by atoms with E-state index in [1.54, 1.807) is 5.57 Å². The lowest BCUT2D eigenvalue weighted by molar-refractivity contribution is 0.364. The van der Waals surface area contributed by atoms with Crippen molar-refractivity contribution >= 4 is 0 Å². The quantitative estimate of drug-likeness (QED) is 0.550. The van der Waals surface area contributed by atoms with Crippen LogP contribution in [-0.2, 0) is 0 Å². The molecule has 2 rings (SSSR count). The van der Waals surface area contributed by atoms with Crippen molar-refractivity contribution in [3.63, 3.8) is 0 Å². The summed E-state index contributed by atoms with van der Waals surface area (Å²) in [6, 6.07) is 0.700. The normalized spacial score (nSPS) is 26.1. The van der Waals surface area contributed by atoms with Gasteiger partial charge in [-0.3, -0.25) is 0 Å². The molecule has 1 unspecified atom stereocenters. The third-order valence-corrected chi connectivity index (χ3v) is 4.16. The maximum atomic E-state index is 3.57. The summed E-state index contributed by atoms with van der Waals surface area (Å²) in [5, 5.41) is 3.57. The fourth-order valence-electron chi connectivity index (χ4n) is 3.35. The second-order valence-corrected chi connectivity index (χ2v) is 5.19. The first kappa shape index (κ1) is 11.2. The van der Waals surface area contributed by atoms with Gasteiger partial charge in [0.25, 0.3) is 0 Å². The van der Waals surface area contributed by atoms with Gasteiger partial charge < -0.3 is 5.32 Å². The summed E-state index contributed by atoms with van der Waals surface area (Å²) in [6.45, 7) is 0. The molecule has 0 aliphatic heterocycles. The fourth-order valence-corrected chi connectivity index (χ4v) is 3.35. The Kier molecular flexibility index (Phi) is 4.25. The third kappa shape index (κ3) is 2.84. The van der Waals surface area contributed by atoms with Crippen LogP contribution in [0.1, 0.15) is 57.8 Å². The molecule has 86 valence electrons. The SMILES string of the molecule is CNC(C1=CCCC1)C1CCCCCC1. The highest BCUT2D eigenvalue weighted by Crippen LogP contribution is 2.32. The van der Waals surface area contributed by atoms with Crippen LogP contribution in [-0.4, -0.2) is 13.1 Å². The minimum Gasteiger partial charge on any atom is -0.313 e. The molecule has 1 N–H and O–H groups in total. The van der Waals surface area contributed by atoms with E-state index >= 15 is 0 Å². The maximum absolute atomic E-state index is 3.57. The van der Waals surface area contributed by atoms with Gasteiger partial charge in [0.2, 0.25) is 0 Å². The summed E-state index contributed by atoms with van der Waals surface area (Å²) in [7, 11) is 2.15. The average molecular weight is 207 g/mol. The standard InChI is InChI=1S/C14H25N/c1-15-14(13-10-6-7-11-13)12-8-4-2-3-5-9-12/h10,12,14-15H,2-9,11H2,1H3. The zero-order chi connectivity index (χ0) is 10.5. The summed E-state index contributed by atoms with van der Waals surface area (Å²) in [5.74, 6) is 0.918. The molecule has 1 fully saturated rings. The Morgan fingerprint density at radius 3 is 2.40 bits per heavy atom. The van der Waals surface area contributed by atoms with Gasteiger partial charge in [-0.05, 0) is 45.1 Å². The largest absolute Gasteiger partial charge is 0.313 e. The molecule has 0 spiro atoms. The number of hydrogen-bond acceptors (Lipinski definition) is 1. The lowest BCUT2D eigenvalue weighted by Gasteiger charge is -2.27. The van der Waals surface area contributed by atoms with E-state index in [0.29, 0.717) is 6.04 Å². The van der Waals surface area contributed by atoms with Gasteiger partial charge in [0.05, 0.1) is 0 Å². The Bertz CT molecular complexity index is 211. The minimum absolute atomic E-state index is 0.700. The smallest absolute Gasteiger partial charge is 0.0305 e. The summed E-state index contributed by atoms with van der Waals surface area (Å²) in [5.41, 5.74) is 1.71. The van der Waals surface area contributed by atoms with Gasteiger partial charge in [-0.1, -0.05) is 37.3 Å². The Balaban J connectivity index is 1.97. The second kappa shape index (κ2) is 5.69.